The number of carbonyl (C=O) groups is 1. The van der Waals surface area contributed by atoms with Gasteiger partial charge in [0.1, 0.15) is 0 Å². The van der Waals surface area contributed by atoms with Crippen LogP contribution >= 0.6 is 0 Å². The lowest BCUT2D eigenvalue weighted by molar-refractivity contribution is -0.137. The minimum absolute atomic E-state index is 0.318. The molecular formula is C13H25NO2. The maximum atomic E-state index is 10.7. The number of hydrogen-bond acceptors (Lipinski definition) is 3. The molecule has 94 valence electrons. The zero-order valence-corrected chi connectivity index (χ0v) is 10.2. The molecule has 0 aliphatic rings. The van der Waals surface area contributed by atoms with Crippen molar-refractivity contribution in [3.63, 3.8) is 0 Å². The predicted octanol–water partition coefficient (Wildman–Crippen LogP) is 2.80. The van der Waals surface area contributed by atoms with Gasteiger partial charge in [0.05, 0.1) is 6.61 Å². The van der Waals surface area contributed by atoms with Gasteiger partial charge < -0.3 is 10.5 Å². The first-order valence-electron chi connectivity index (χ1n) is 6.30. The molecule has 0 aromatic carbocycles. The lowest BCUT2D eigenvalue weighted by Gasteiger charge is -2.02. The van der Waals surface area contributed by atoms with Gasteiger partial charge in [0.25, 0.3) is 0 Å². The van der Waals surface area contributed by atoms with E-state index in [0.29, 0.717) is 6.61 Å². The molecule has 2 N–H and O–H groups in total. The molecule has 0 radical (unpaired) electrons. The highest BCUT2D eigenvalue weighted by atomic mass is 16.5. The van der Waals surface area contributed by atoms with E-state index in [-0.39, 0.29) is 5.97 Å². The maximum Gasteiger partial charge on any atom is 0.330 e. The van der Waals surface area contributed by atoms with E-state index >= 15 is 0 Å². The maximum absolute atomic E-state index is 10.7. The Kier molecular flexibility index (Phi) is 11.6. The lowest BCUT2D eigenvalue weighted by atomic mass is 10.1. The highest BCUT2D eigenvalue weighted by Crippen LogP contribution is 2.08. The molecule has 0 fully saturated rings. The molecule has 0 atom stereocenters. The average Bonchev–Trinajstić information content (AvgIpc) is 2.31. The number of rotatable bonds is 11. The molecule has 3 heteroatoms. The third kappa shape index (κ3) is 11.2. The summed E-state index contributed by atoms with van der Waals surface area (Å²) in [5.41, 5.74) is 5.41. The van der Waals surface area contributed by atoms with Gasteiger partial charge in [-0.25, -0.2) is 4.79 Å². The summed E-state index contributed by atoms with van der Waals surface area (Å²) in [4.78, 5) is 10.7. The van der Waals surface area contributed by atoms with E-state index in [1.807, 2.05) is 0 Å². The number of carbonyl (C=O) groups excluding carboxylic acids is 1. The average molecular weight is 227 g/mol. The Hall–Kier alpha value is -0.830. The van der Waals surface area contributed by atoms with Crippen molar-refractivity contribution in [3.8, 4) is 0 Å². The molecule has 0 amide bonds. The zero-order valence-electron chi connectivity index (χ0n) is 10.2. The summed E-state index contributed by atoms with van der Waals surface area (Å²) in [5, 5.41) is 0. The highest BCUT2D eigenvalue weighted by molar-refractivity contribution is 5.81. The highest BCUT2D eigenvalue weighted by Gasteiger charge is 1.95. The first kappa shape index (κ1) is 15.2. The number of ether oxygens (including phenoxy) is 1. The molecule has 0 aromatic heterocycles. The van der Waals surface area contributed by atoms with E-state index in [9.17, 15) is 4.79 Å². The molecule has 0 aliphatic heterocycles. The molecule has 0 saturated carbocycles. The fourth-order valence-electron chi connectivity index (χ4n) is 1.54. The zero-order chi connectivity index (χ0) is 12.1. The standard InChI is InChI=1S/C13H25NO2/c1-2-13(15)16-12-10-8-6-4-3-5-7-9-11-14/h2H,1,3-12,14H2. The summed E-state index contributed by atoms with van der Waals surface area (Å²) in [7, 11) is 0. The van der Waals surface area contributed by atoms with Gasteiger partial charge in [-0.1, -0.05) is 45.1 Å². The van der Waals surface area contributed by atoms with Crippen molar-refractivity contribution in [1.29, 1.82) is 0 Å². The van der Waals surface area contributed by atoms with Crippen LogP contribution in [0.4, 0.5) is 0 Å². The monoisotopic (exact) mass is 227 g/mol. The Balaban J connectivity index is 2.98. The number of unbranched alkanes of at least 4 members (excludes halogenated alkanes) is 7. The van der Waals surface area contributed by atoms with Crippen molar-refractivity contribution < 1.29 is 9.53 Å². The minimum Gasteiger partial charge on any atom is -0.463 e. The quantitative estimate of drug-likeness (QED) is 0.335. The van der Waals surface area contributed by atoms with Crippen LogP contribution in [0.15, 0.2) is 12.7 Å². The summed E-state index contributed by atoms with van der Waals surface area (Å²) < 4.78 is 4.88. The van der Waals surface area contributed by atoms with Crippen LogP contribution in [0.25, 0.3) is 0 Å². The van der Waals surface area contributed by atoms with Crippen molar-refractivity contribution in [2.75, 3.05) is 13.2 Å². The molecule has 0 bridgehead atoms. The smallest absolute Gasteiger partial charge is 0.330 e. The molecule has 0 unspecified atom stereocenters. The van der Waals surface area contributed by atoms with Gasteiger partial charge in [-0.3, -0.25) is 0 Å². The van der Waals surface area contributed by atoms with Gasteiger partial charge >= 0.3 is 5.97 Å². The van der Waals surface area contributed by atoms with E-state index in [1.165, 1.54) is 38.2 Å². The third-order valence-corrected chi connectivity index (χ3v) is 2.51. The fraction of sp³-hybridized carbons (Fsp3) is 0.769. The van der Waals surface area contributed by atoms with Crippen LogP contribution in [-0.2, 0) is 9.53 Å². The summed E-state index contributed by atoms with van der Waals surface area (Å²) >= 11 is 0. The van der Waals surface area contributed by atoms with Crippen molar-refractivity contribution in [1.82, 2.24) is 0 Å². The van der Waals surface area contributed by atoms with Gasteiger partial charge in [0, 0.05) is 6.08 Å². The van der Waals surface area contributed by atoms with E-state index < -0.39 is 0 Å². The normalized spacial score (nSPS) is 10.1. The molecule has 0 aromatic rings. The topological polar surface area (TPSA) is 52.3 Å². The Morgan fingerprint density at radius 3 is 2.00 bits per heavy atom. The van der Waals surface area contributed by atoms with Gasteiger partial charge in [-0.05, 0) is 19.4 Å². The van der Waals surface area contributed by atoms with Crippen LogP contribution in [0.3, 0.4) is 0 Å². The molecule has 3 nitrogen and oxygen atoms in total. The Labute approximate surface area is 99.0 Å². The summed E-state index contributed by atoms with van der Waals surface area (Å²) in [5.74, 6) is -0.318. The van der Waals surface area contributed by atoms with Gasteiger partial charge in [-0.15, -0.1) is 0 Å². The fourth-order valence-corrected chi connectivity index (χ4v) is 1.54. The van der Waals surface area contributed by atoms with Crippen molar-refractivity contribution in [2.24, 2.45) is 5.73 Å². The second-order valence-corrected chi connectivity index (χ2v) is 3.99. The van der Waals surface area contributed by atoms with Crippen molar-refractivity contribution in [2.45, 2.75) is 51.4 Å². The van der Waals surface area contributed by atoms with Crippen LogP contribution in [-0.4, -0.2) is 19.1 Å². The number of hydrogen-bond donors (Lipinski definition) is 1. The van der Waals surface area contributed by atoms with E-state index in [2.05, 4.69) is 6.58 Å². The second kappa shape index (κ2) is 12.2. The third-order valence-electron chi connectivity index (χ3n) is 2.51. The largest absolute Gasteiger partial charge is 0.463 e. The summed E-state index contributed by atoms with van der Waals surface area (Å²) in [6.45, 7) is 4.68. The number of esters is 1. The van der Waals surface area contributed by atoms with Crippen LogP contribution in [0.5, 0.6) is 0 Å². The molecule has 0 heterocycles. The van der Waals surface area contributed by atoms with Gasteiger partial charge in [-0.2, -0.15) is 0 Å². The summed E-state index contributed by atoms with van der Waals surface area (Å²) in [6, 6.07) is 0. The van der Waals surface area contributed by atoms with Crippen LogP contribution in [0, 0.1) is 0 Å². The van der Waals surface area contributed by atoms with Crippen molar-refractivity contribution >= 4 is 5.97 Å². The molecule has 0 rings (SSSR count). The molecule has 0 aliphatic carbocycles. The number of nitrogens with two attached hydrogens (primary N) is 1. The van der Waals surface area contributed by atoms with Crippen molar-refractivity contribution in [3.05, 3.63) is 12.7 Å². The van der Waals surface area contributed by atoms with Crippen LogP contribution < -0.4 is 5.73 Å². The Bertz CT molecular complexity index is 181. The molecule has 0 saturated heterocycles. The van der Waals surface area contributed by atoms with Crippen LogP contribution in [0.1, 0.15) is 51.4 Å². The van der Waals surface area contributed by atoms with E-state index in [4.69, 9.17) is 10.5 Å². The molecule has 0 spiro atoms. The molecular weight excluding hydrogens is 202 g/mol. The van der Waals surface area contributed by atoms with E-state index in [1.54, 1.807) is 0 Å². The summed E-state index contributed by atoms with van der Waals surface area (Å²) in [6.07, 6.45) is 10.8. The first-order valence-corrected chi connectivity index (χ1v) is 6.30. The van der Waals surface area contributed by atoms with Crippen LogP contribution in [0.2, 0.25) is 0 Å². The minimum atomic E-state index is -0.318. The Morgan fingerprint density at radius 1 is 1.00 bits per heavy atom. The van der Waals surface area contributed by atoms with Gasteiger partial charge in [0.15, 0.2) is 0 Å². The predicted molar refractivity (Wildman–Crippen MR) is 67.1 cm³/mol. The SMILES string of the molecule is C=CC(=O)OCCCCCCCCCCN. The van der Waals surface area contributed by atoms with Gasteiger partial charge in [0.2, 0.25) is 0 Å². The Morgan fingerprint density at radius 2 is 1.50 bits per heavy atom. The molecule has 16 heavy (non-hydrogen) atoms. The van der Waals surface area contributed by atoms with E-state index in [0.717, 1.165) is 25.8 Å². The first-order chi connectivity index (χ1) is 7.81. The lowest BCUT2D eigenvalue weighted by Crippen LogP contribution is -2.01. The second-order valence-electron chi connectivity index (χ2n) is 3.99.